The zero-order valence-corrected chi connectivity index (χ0v) is 18.8. The van der Waals surface area contributed by atoms with Crippen molar-refractivity contribution in [1.29, 1.82) is 0 Å². The zero-order valence-electron chi connectivity index (χ0n) is 17.2. The van der Waals surface area contributed by atoms with Gasteiger partial charge in [0.1, 0.15) is 0 Å². The number of nitrogens with one attached hydrogen (secondary N) is 1. The highest BCUT2D eigenvalue weighted by molar-refractivity contribution is 7.99. The van der Waals surface area contributed by atoms with Crippen molar-refractivity contribution in [3.05, 3.63) is 36.7 Å². The van der Waals surface area contributed by atoms with E-state index in [0.29, 0.717) is 11.7 Å². The Morgan fingerprint density at radius 3 is 2.53 bits per heavy atom. The van der Waals surface area contributed by atoms with Gasteiger partial charge < -0.3 is 9.88 Å². The number of hydrogen-bond acceptors (Lipinski definition) is 5. The smallest absolute Gasteiger partial charge is 0.243 e. The second-order valence-corrected chi connectivity index (χ2v) is 11.0. The fourth-order valence-corrected chi connectivity index (χ4v) is 6.13. The maximum atomic E-state index is 12.9. The standard InChI is InChI=1S/C21H28N4O3S2/c1-24(17-5-3-2-4-6-17)30(27,28)19-11-7-16(8-12-19)23-20(26)15-29-21-22-13-14-25(21)18-9-10-18/h7-8,11-14,17-18H,2-6,9-10,15H2,1H3,(H,23,26). The maximum Gasteiger partial charge on any atom is 0.243 e. The molecule has 1 heterocycles. The van der Waals surface area contributed by atoms with Gasteiger partial charge in [0.15, 0.2) is 5.16 Å². The van der Waals surface area contributed by atoms with Gasteiger partial charge in [-0.25, -0.2) is 13.4 Å². The summed E-state index contributed by atoms with van der Waals surface area (Å²) in [7, 11) is -1.85. The number of thioether (sulfide) groups is 1. The fraction of sp³-hybridized carbons (Fsp3) is 0.524. The van der Waals surface area contributed by atoms with Crippen molar-refractivity contribution < 1.29 is 13.2 Å². The first kappa shape index (κ1) is 21.4. The van der Waals surface area contributed by atoms with Crippen LogP contribution in [0.5, 0.6) is 0 Å². The van der Waals surface area contributed by atoms with Crippen molar-refractivity contribution in [1.82, 2.24) is 13.9 Å². The minimum Gasteiger partial charge on any atom is -0.325 e. The molecule has 7 nitrogen and oxygen atoms in total. The predicted molar refractivity (Wildman–Crippen MR) is 118 cm³/mol. The molecule has 4 rings (SSSR count). The molecule has 1 N–H and O–H groups in total. The van der Waals surface area contributed by atoms with E-state index in [-0.39, 0.29) is 22.6 Å². The van der Waals surface area contributed by atoms with Gasteiger partial charge in [-0.2, -0.15) is 4.31 Å². The second-order valence-electron chi connectivity index (χ2n) is 8.02. The molecule has 162 valence electrons. The molecule has 2 aliphatic carbocycles. The van der Waals surface area contributed by atoms with E-state index in [0.717, 1.165) is 30.8 Å². The number of imidazole rings is 1. The zero-order chi connectivity index (χ0) is 21.1. The molecule has 0 spiro atoms. The van der Waals surface area contributed by atoms with E-state index >= 15 is 0 Å². The molecule has 9 heteroatoms. The summed E-state index contributed by atoms with van der Waals surface area (Å²) >= 11 is 1.41. The van der Waals surface area contributed by atoms with E-state index in [2.05, 4.69) is 14.9 Å². The number of nitrogens with zero attached hydrogens (tertiary/aromatic N) is 3. The maximum absolute atomic E-state index is 12.9. The van der Waals surface area contributed by atoms with Crippen LogP contribution in [0.25, 0.3) is 0 Å². The second kappa shape index (κ2) is 9.11. The van der Waals surface area contributed by atoms with Crippen LogP contribution in [0.1, 0.15) is 51.0 Å². The number of sulfonamides is 1. The van der Waals surface area contributed by atoms with Gasteiger partial charge >= 0.3 is 0 Å². The van der Waals surface area contributed by atoms with Crippen LogP contribution in [0.3, 0.4) is 0 Å². The third kappa shape index (κ3) is 4.90. The first-order valence-corrected chi connectivity index (χ1v) is 12.9. The van der Waals surface area contributed by atoms with Gasteiger partial charge in [-0.3, -0.25) is 4.79 Å². The Labute approximate surface area is 182 Å². The molecule has 30 heavy (non-hydrogen) atoms. The topological polar surface area (TPSA) is 84.3 Å². The molecule has 0 unspecified atom stereocenters. The highest BCUT2D eigenvalue weighted by atomic mass is 32.2. The van der Waals surface area contributed by atoms with Crippen molar-refractivity contribution in [2.75, 3.05) is 18.1 Å². The largest absolute Gasteiger partial charge is 0.325 e. The molecule has 2 aromatic rings. The molecule has 0 aliphatic heterocycles. The van der Waals surface area contributed by atoms with Gasteiger partial charge in [-0.05, 0) is 49.9 Å². The van der Waals surface area contributed by atoms with Crippen LogP contribution in [0, 0.1) is 0 Å². The van der Waals surface area contributed by atoms with Gasteiger partial charge in [-0.1, -0.05) is 31.0 Å². The number of anilines is 1. The average Bonchev–Trinajstić information content (AvgIpc) is 3.50. The quantitative estimate of drug-likeness (QED) is 0.619. The predicted octanol–water partition coefficient (Wildman–Crippen LogP) is 3.90. The minimum atomic E-state index is -3.53. The Hall–Kier alpha value is -1.84. The van der Waals surface area contributed by atoms with Gasteiger partial charge in [0.2, 0.25) is 15.9 Å². The van der Waals surface area contributed by atoms with Crippen LogP contribution in [0.15, 0.2) is 46.7 Å². The average molecular weight is 449 g/mol. The lowest BCUT2D eigenvalue weighted by Crippen LogP contribution is -2.38. The third-order valence-electron chi connectivity index (χ3n) is 5.81. The lowest BCUT2D eigenvalue weighted by atomic mass is 9.96. The summed E-state index contributed by atoms with van der Waals surface area (Å²) in [5.41, 5.74) is 0.588. The Balaban J connectivity index is 1.33. The number of carbonyl (C=O) groups excluding carboxylic acids is 1. The Bertz CT molecular complexity index is 978. The number of carbonyl (C=O) groups is 1. The molecular formula is C21H28N4O3S2. The fourth-order valence-electron chi connectivity index (χ4n) is 3.89. The summed E-state index contributed by atoms with van der Waals surface area (Å²) in [6.45, 7) is 0. The van der Waals surface area contributed by atoms with Crippen LogP contribution in [0.2, 0.25) is 0 Å². The van der Waals surface area contributed by atoms with Crippen molar-refractivity contribution in [3.63, 3.8) is 0 Å². The van der Waals surface area contributed by atoms with E-state index in [1.165, 1.54) is 35.3 Å². The van der Waals surface area contributed by atoms with E-state index in [1.807, 2.05) is 6.20 Å². The van der Waals surface area contributed by atoms with Crippen LogP contribution in [-0.2, 0) is 14.8 Å². The van der Waals surface area contributed by atoms with Crippen molar-refractivity contribution in [2.45, 2.75) is 67.1 Å². The molecule has 0 bridgehead atoms. The molecule has 1 aromatic heterocycles. The van der Waals surface area contributed by atoms with Crippen molar-refractivity contribution in [3.8, 4) is 0 Å². The number of benzene rings is 1. The van der Waals surface area contributed by atoms with Crippen molar-refractivity contribution >= 4 is 33.4 Å². The summed E-state index contributed by atoms with van der Waals surface area (Å²) in [4.78, 5) is 16.9. The highest BCUT2D eigenvalue weighted by Crippen LogP contribution is 2.37. The molecule has 1 amide bonds. The van der Waals surface area contributed by atoms with Crippen LogP contribution in [0.4, 0.5) is 5.69 Å². The molecule has 0 atom stereocenters. The Morgan fingerprint density at radius 2 is 1.87 bits per heavy atom. The minimum absolute atomic E-state index is 0.0725. The Morgan fingerprint density at radius 1 is 1.17 bits per heavy atom. The van der Waals surface area contributed by atoms with E-state index in [1.54, 1.807) is 37.5 Å². The summed E-state index contributed by atoms with van der Waals surface area (Å²) in [6, 6.07) is 7.03. The normalized spacial score (nSPS) is 17.9. The van der Waals surface area contributed by atoms with Gasteiger partial charge in [-0.15, -0.1) is 0 Å². The number of amides is 1. The summed E-state index contributed by atoms with van der Waals surface area (Å²) < 4.78 is 29.5. The monoisotopic (exact) mass is 448 g/mol. The molecule has 2 saturated carbocycles. The van der Waals surface area contributed by atoms with Crippen molar-refractivity contribution in [2.24, 2.45) is 0 Å². The number of rotatable bonds is 8. The summed E-state index contributed by atoms with van der Waals surface area (Å²) in [5.74, 6) is 0.120. The number of hydrogen-bond donors (Lipinski definition) is 1. The molecular weight excluding hydrogens is 420 g/mol. The molecule has 0 radical (unpaired) electrons. The summed E-state index contributed by atoms with van der Waals surface area (Å²) in [6.07, 6.45) is 11.2. The molecule has 2 fully saturated rings. The van der Waals surface area contributed by atoms with Gasteiger partial charge in [0, 0.05) is 37.2 Å². The number of aromatic nitrogens is 2. The van der Waals surface area contributed by atoms with E-state index in [9.17, 15) is 13.2 Å². The highest BCUT2D eigenvalue weighted by Gasteiger charge is 2.29. The molecule has 0 saturated heterocycles. The van der Waals surface area contributed by atoms with E-state index in [4.69, 9.17) is 0 Å². The first-order chi connectivity index (χ1) is 14.4. The molecule has 2 aliphatic rings. The third-order valence-corrected chi connectivity index (χ3v) is 8.71. The molecule has 1 aromatic carbocycles. The first-order valence-electron chi connectivity index (χ1n) is 10.5. The van der Waals surface area contributed by atoms with Gasteiger partial charge in [0.25, 0.3) is 0 Å². The lowest BCUT2D eigenvalue weighted by molar-refractivity contribution is -0.113. The Kier molecular flexibility index (Phi) is 6.50. The van der Waals surface area contributed by atoms with E-state index < -0.39 is 10.0 Å². The van der Waals surface area contributed by atoms with Crippen LogP contribution < -0.4 is 5.32 Å². The lowest BCUT2D eigenvalue weighted by Gasteiger charge is -2.30. The van der Waals surface area contributed by atoms with Gasteiger partial charge in [0.05, 0.1) is 10.6 Å². The summed E-state index contributed by atoms with van der Waals surface area (Å²) in [5, 5.41) is 3.70. The SMILES string of the molecule is CN(C1CCCCC1)S(=O)(=O)c1ccc(NC(=O)CSc2nccn2C2CC2)cc1. The van der Waals surface area contributed by atoms with Crippen LogP contribution in [-0.4, -0.2) is 47.0 Å². The van der Waals surface area contributed by atoms with Crippen LogP contribution >= 0.6 is 11.8 Å².